The highest BCUT2D eigenvalue weighted by Gasteiger charge is 2.15. The first-order valence-electron chi connectivity index (χ1n) is 5.94. The maximum Gasteiger partial charge on any atom is 0.0860 e. The van der Waals surface area contributed by atoms with Crippen LogP contribution in [0.3, 0.4) is 0 Å². The van der Waals surface area contributed by atoms with Crippen molar-refractivity contribution in [3.05, 3.63) is 16.4 Å². The highest BCUT2D eigenvalue weighted by atomic mass is 35.5. The summed E-state index contributed by atoms with van der Waals surface area (Å²) in [7, 11) is 1.92. The molecule has 1 N–H and O–H groups in total. The third-order valence-corrected chi connectivity index (χ3v) is 3.73. The average Bonchev–Trinajstić information content (AvgIpc) is 2.49. The molecule has 0 spiro atoms. The molecule has 0 saturated heterocycles. The molecule has 0 radical (unpaired) electrons. The van der Waals surface area contributed by atoms with Crippen molar-refractivity contribution in [2.24, 2.45) is 13.0 Å². The van der Waals surface area contributed by atoms with Crippen LogP contribution < -0.4 is 5.32 Å². The Hall–Kier alpha value is -0.250. The molecule has 0 aromatic carbocycles. The van der Waals surface area contributed by atoms with Gasteiger partial charge in [-0.05, 0) is 19.3 Å². The van der Waals surface area contributed by atoms with Gasteiger partial charge in [0, 0.05) is 25.5 Å². The molecule has 0 aliphatic heterocycles. The molecule has 0 aliphatic rings. The molecule has 1 atom stereocenters. The van der Waals surface area contributed by atoms with E-state index in [1.807, 2.05) is 18.7 Å². The largest absolute Gasteiger partial charge is 0.308 e. The number of nitrogens with one attached hydrogen (secondary N) is 1. The highest BCUT2D eigenvalue weighted by Crippen LogP contribution is 2.19. The van der Waals surface area contributed by atoms with Crippen molar-refractivity contribution < 1.29 is 0 Å². The van der Waals surface area contributed by atoms with Gasteiger partial charge in [0.15, 0.2) is 0 Å². The lowest BCUT2D eigenvalue weighted by atomic mass is 10.0. The summed E-state index contributed by atoms with van der Waals surface area (Å²) in [4.78, 5) is 0. The Kier molecular flexibility index (Phi) is 5.77. The summed E-state index contributed by atoms with van der Waals surface area (Å²) in [6.45, 7) is 7.04. The van der Waals surface area contributed by atoms with E-state index >= 15 is 0 Å². The molecule has 1 unspecified atom stereocenters. The zero-order valence-electron chi connectivity index (χ0n) is 10.9. The van der Waals surface area contributed by atoms with E-state index in [0.717, 1.165) is 29.4 Å². The normalized spacial score (nSPS) is 13.4. The Balaban J connectivity index is 2.65. The van der Waals surface area contributed by atoms with Crippen LogP contribution >= 0.6 is 23.2 Å². The lowest BCUT2D eigenvalue weighted by Gasteiger charge is -2.21. The molecule has 0 aliphatic carbocycles. The van der Waals surface area contributed by atoms with E-state index in [1.54, 1.807) is 0 Å². The Morgan fingerprint density at radius 2 is 2.06 bits per heavy atom. The molecule has 1 aromatic heterocycles. The molecule has 0 saturated carbocycles. The van der Waals surface area contributed by atoms with Gasteiger partial charge in [0.2, 0.25) is 0 Å². The monoisotopic (exact) mass is 277 g/mol. The first kappa shape index (κ1) is 14.8. The quantitative estimate of drug-likeness (QED) is 0.810. The SMILES string of the molecule is Cc1nn(C)c(CNC(CCCl)C(C)C)c1Cl. The summed E-state index contributed by atoms with van der Waals surface area (Å²) in [5.74, 6) is 1.23. The maximum absolute atomic E-state index is 6.20. The van der Waals surface area contributed by atoms with Crippen LogP contribution in [0.4, 0.5) is 0 Å². The van der Waals surface area contributed by atoms with Gasteiger partial charge in [-0.2, -0.15) is 5.10 Å². The molecule has 0 bridgehead atoms. The average molecular weight is 278 g/mol. The zero-order valence-corrected chi connectivity index (χ0v) is 12.4. The van der Waals surface area contributed by atoms with Gasteiger partial charge in [0.05, 0.1) is 16.4 Å². The minimum atomic E-state index is 0.416. The molecule has 0 fully saturated rings. The van der Waals surface area contributed by atoms with Crippen molar-refractivity contribution in [3.8, 4) is 0 Å². The standard InChI is InChI=1S/C12H21Cl2N3/c1-8(2)10(5-6-13)15-7-11-12(14)9(3)16-17(11)4/h8,10,15H,5-7H2,1-4H3. The summed E-state index contributed by atoms with van der Waals surface area (Å²) >= 11 is 12.0. The van der Waals surface area contributed by atoms with Gasteiger partial charge in [-0.1, -0.05) is 25.4 Å². The first-order chi connectivity index (χ1) is 7.97. The van der Waals surface area contributed by atoms with Crippen molar-refractivity contribution in [3.63, 3.8) is 0 Å². The van der Waals surface area contributed by atoms with Gasteiger partial charge in [0.1, 0.15) is 0 Å². The van der Waals surface area contributed by atoms with Crippen LogP contribution in [0.15, 0.2) is 0 Å². The number of nitrogens with zero attached hydrogens (tertiary/aromatic N) is 2. The Bertz CT molecular complexity index is 361. The molecule has 1 rings (SSSR count). The van der Waals surface area contributed by atoms with Gasteiger partial charge < -0.3 is 5.32 Å². The summed E-state index contributed by atoms with van der Waals surface area (Å²) in [5.41, 5.74) is 1.91. The van der Waals surface area contributed by atoms with E-state index in [0.29, 0.717) is 17.8 Å². The summed E-state index contributed by atoms with van der Waals surface area (Å²) < 4.78 is 1.84. The first-order valence-corrected chi connectivity index (χ1v) is 6.86. The van der Waals surface area contributed by atoms with Crippen molar-refractivity contribution in [1.29, 1.82) is 0 Å². The molecular weight excluding hydrogens is 257 g/mol. The third-order valence-electron chi connectivity index (χ3n) is 3.02. The Morgan fingerprint density at radius 1 is 1.41 bits per heavy atom. The number of aryl methyl sites for hydroxylation is 2. The van der Waals surface area contributed by atoms with Crippen molar-refractivity contribution in [2.45, 2.75) is 39.8 Å². The van der Waals surface area contributed by atoms with Crippen molar-refractivity contribution in [1.82, 2.24) is 15.1 Å². The maximum atomic E-state index is 6.20. The van der Waals surface area contributed by atoms with Gasteiger partial charge >= 0.3 is 0 Å². The van der Waals surface area contributed by atoms with E-state index in [4.69, 9.17) is 23.2 Å². The second kappa shape index (κ2) is 6.62. The number of halogens is 2. The molecule has 17 heavy (non-hydrogen) atoms. The fourth-order valence-electron chi connectivity index (χ4n) is 1.89. The van der Waals surface area contributed by atoms with E-state index in [2.05, 4.69) is 24.3 Å². The molecular formula is C12H21Cl2N3. The van der Waals surface area contributed by atoms with E-state index in [9.17, 15) is 0 Å². The second-order valence-electron chi connectivity index (χ2n) is 4.68. The summed E-state index contributed by atoms with van der Waals surface area (Å²) in [5, 5.41) is 8.56. The van der Waals surface area contributed by atoms with E-state index in [-0.39, 0.29) is 0 Å². The van der Waals surface area contributed by atoms with Crippen LogP contribution in [0.25, 0.3) is 0 Å². The third kappa shape index (κ3) is 3.87. The van der Waals surface area contributed by atoms with Crippen LogP contribution in [-0.4, -0.2) is 21.7 Å². The second-order valence-corrected chi connectivity index (χ2v) is 5.43. The summed E-state index contributed by atoms with van der Waals surface area (Å²) in [6, 6.07) is 0.416. The number of alkyl halides is 1. The smallest absolute Gasteiger partial charge is 0.0860 e. The van der Waals surface area contributed by atoms with Gasteiger partial charge in [-0.3, -0.25) is 4.68 Å². The van der Waals surface area contributed by atoms with Crippen LogP contribution in [-0.2, 0) is 13.6 Å². The minimum absolute atomic E-state index is 0.416. The molecule has 3 nitrogen and oxygen atoms in total. The van der Waals surface area contributed by atoms with Gasteiger partial charge in [-0.15, -0.1) is 11.6 Å². The zero-order chi connectivity index (χ0) is 13.0. The number of hydrogen-bond donors (Lipinski definition) is 1. The highest BCUT2D eigenvalue weighted by molar-refractivity contribution is 6.31. The van der Waals surface area contributed by atoms with E-state index < -0.39 is 0 Å². The van der Waals surface area contributed by atoms with Crippen LogP contribution in [0, 0.1) is 12.8 Å². The summed E-state index contributed by atoms with van der Waals surface area (Å²) in [6.07, 6.45) is 0.966. The van der Waals surface area contributed by atoms with Crippen LogP contribution in [0.1, 0.15) is 31.7 Å². The van der Waals surface area contributed by atoms with Crippen molar-refractivity contribution in [2.75, 3.05) is 5.88 Å². The predicted molar refractivity (Wildman–Crippen MR) is 73.8 cm³/mol. The fraction of sp³-hybridized carbons (Fsp3) is 0.750. The lowest BCUT2D eigenvalue weighted by molar-refractivity contribution is 0.384. The molecule has 1 heterocycles. The Morgan fingerprint density at radius 3 is 2.47 bits per heavy atom. The van der Waals surface area contributed by atoms with E-state index in [1.165, 1.54) is 0 Å². The number of hydrogen-bond acceptors (Lipinski definition) is 2. The minimum Gasteiger partial charge on any atom is -0.308 e. The molecule has 0 amide bonds. The topological polar surface area (TPSA) is 29.9 Å². The van der Waals surface area contributed by atoms with Crippen LogP contribution in [0.5, 0.6) is 0 Å². The lowest BCUT2D eigenvalue weighted by Crippen LogP contribution is -2.34. The molecule has 98 valence electrons. The molecule has 1 aromatic rings. The van der Waals surface area contributed by atoms with Gasteiger partial charge in [-0.25, -0.2) is 0 Å². The van der Waals surface area contributed by atoms with Gasteiger partial charge in [0.25, 0.3) is 0 Å². The molecule has 5 heteroatoms. The van der Waals surface area contributed by atoms with Crippen LogP contribution in [0.2, 0.25) is 5.02 Å². The number of rotatable bonds is 6. The van der Waals surface area contributed by atoms with Crippen molar-refractivity contribution >= 4 is 23.2 Å². The Labute approximate surface area is 113 Å². The predicted octanol–water partition coefficient (Wildman–Crippen LogP) is 3.13. The number of aromatic nitrogens is 2. The fourth-order valence-corrected chi connectivity index (χ4v) is 2.35.